The second-order valence-corrected chi connectivity index (χ2v) is 4.55. The molecule has 0 fully saturated rings. The lowest BCUT2D eigenvalue weighted by molar-refractivity contribution is 1.30. The summed E-state index contributed by atoms with van der Waals surface area (Å²) in [5.41, 5.74) is 1.99. The van der Waals surface area contributed by atoms with Gasteiger partial charge in [0.1, 0.15) is 6.34 Å². The maximum atomic E-state index is 4.47. The highest BCUT2D eigenvalue weighted by Crippen LogP contribution is 2.27. The highest BCUT2D eigenvalue weighted by Gasteiger charge is 2.25. The Morgan fingerprint density at radius 2 is 1.29 bits per heavy atom. The van der Waals surface area contributed by atoms with Gasteiger partial charge >= 0.3 is 0 Å². The Balaban J connectivity index is 1.83. The van der Waals surface area contributed by atoms with Crippen molar-refractivity contribution < 1.29 is 0 Å². The van der Waals surface area contributed by atoms with Crippen molar-refractivity contribution in [1.82, 2.24) is 0 Å². The summed E-state index contributed by atoms with van der Waals surface area (Å²) in [7, 11) is 0. The largest absolute Gasteiger partial charge is 0.279 e. The molecular formula is C16H11N5. The van der Waals surface area contributed by atoms with Crippen LogP contribution in [0.15, 0.2) is 80.6 Å². The van der Waals surface area contributed by atoms with Crippen LogP contribution in [0.4, 0.5) is 11.4 Å². The third kappa shape index (κ3) is 2.04. The number of anilines is 2. The fourth-order valence-corrected chi connectivity index (χ4v) is 2.26. The molecule has 2 aromatic rings. The molecule has 0 radical (unpaired) electrons. The van der Waals surface area contributed by atoms with E-state index in [1.165, 1.54) is 6.34 Å². The first-order valence-corrected chi connectivity index (χ1v) is 6.60. The van der Waals surface area contributed by atoms with E-state index in [-0.39, 0.29) is 0 Å². The first-order chi connectivity index (χ1) is 10.4. The van der Waals surface area contributed by atoms with Crippen molar-refractivity contribution >= 4 is 35.3 Å². The van der Waals surface area contributed by atoms with Crippen molar-refractivity contribution in [2.24, 2.45) is 20.0 Å². The molecule has 5 heteroatoms. The molecule has 2 aliphatic rings. The third-order valence-corrected chi connectivity index (χ3v) is 3.20. The molecule has 2 aliphatic heterocycles. The maximum absolute atomic E-state index is 4.47. The molecule has 0 N–H and O–H groups in total. The van der Waals surface area contributed by atoms with Gasteiger partial charge in [0.25, 0.3) is 0 Å². The minimum absolute atomic E-state index is 0.571. The molecule has 0 saturated carbocycles. The number of para-hydroxylation sites is 2. The van der Waals surface area contributed by atoms with Crippen LogP contribution in [-0.4, -0.2) is 24.0 Å². The number of aliphatic imine (C=N–C) groups is 4. The molecule has 0 aromatic heterocycles. The zero-order valence-electron chi connectivity index (χ0n) is 11.1. The van der Waals surface area contributed by atoms with Crippen molar-refractivity contribution in [3.05, 3.63) is 60.7 Å². The predicted molar refractivity (Wildman–Crippen MR) is 85.8 cm³/mol. The Morgan fingerprint density at radius 1 is 0.667 bits per heavy atom. The molecule has 0 atom stereocenters. The van der Waals surface area contributed by atoms with Gasteiger partial charge in [-0.15, -0.1) is 0 Å². The summed E-state index contributed by atoms with van der Waals surface area (Å²) in [5.74, 6) is 1.72. The molecule has 0 unspecified atom stereocenters. The summed E-state index contributed by atoms with van der Waals surface area (Å²) < 4.78 is 0. The fourth-order valence-electron chi connectivity index (χ4n) is 2.26. The Morgan fingerprint density at radius 3 is 1.86 bits per heavy atom. The lowest BCUT2D eigenvalue weighted by Crippen LogP contribution is -2.23. The molecule has 0 saturated heterocycles. The van der Waals surface area contributed by atoms with Crippen molar-refractivity contribution in [3.8, 4) is 0 Å². The maximum Gasteiger partial charge on any atom is 0.238 e. The Kier molecular flexibility index (Phi) is 2.67. The predicted octanol–water partition coefficient (Wildman–Crippen LogP) is 3.03. The lowest BCUT2D eigenvalue weighted by Gasteiger charge is -2.22. The van der Waals surface area contributed by atoms with Crippen LogP contribution >= 0.6 is 0 Å². The molecule has 2 heterocycles. The Labute approximate surface area is 121 Å². The standard InChI is InChI=1S/C16H11N5/c1-3-7-12(8-4-1)21(13-9-5-2-6-10-13)16-19-14-15(20-16)18-11-17-14/h1-11H. The Bertz CT molecular complexity index is 748. The quantitative estimate of drug-likeness (QED) is 0.829. The summed E-state index contributed by atoms with van der Waals surface area (Å²) in [6.07, 6.45) is 1.48. The van der Waals surface area contributed by atoms with E-state index >= 15 is 0 Å². The molecule has 0 spiro atoms. The van der Waals surface area contributed by atoms with Gasteiger partial charge in [-0.25, -0.2) is 9.98 Å². The van der Waals surface area contributed by atoms with Gasteiger partial charge in [-0.2, -0.15) is 9.98 Å². The monoisotopic (exact) mass is 273 g/mol. The molecular weight excluding hydrogens is 262 g/mol. The normalized spacial score (nSPS) is 15.3. The fraction of sp³-hybridized carbons (Fsp3) is 0. The number of benzene rings is 2. The first kappa shape index (κ1) is 11.7. The van der Waals surface area contributed by atoms with Gasteiger partial charge in [-0.3, -0.25) is 4.90 Å². The molecule has 21 heavy (non-hydrogen) atoms. The molecule has 5 nitrogen and oxygen atoms in total. The number of hydrogen-bond acceptors (Lipinski definition) is 5. The lowest BCUT2D eigenvalue weighted by atomic mass is 10.2. The second kappa shape index (κ2) is 4.79. The summed E-state index contributed by atoms with van der Waals surface area (Å²) in [6, 6.07) is 20.0. The third-order valence-electron chi connectivity index (χ3n) is 3.20. The van der Waals surface area contributed by atoms with Crippen molar-refractivity contribution in [3.63, 3.8) is 0 Å². The smallest absolute Gasteiger partial charge is 0.238 e. The second-order valence-electron chi connectivity index (χ2n) is 4.55. The van der Waals surface area contributed by atoms with Crippen molar-refractivity contribution in [1.29, 1.82) is 0 Å². The van der Waals surface area contributed by atoms with E-state index in [0.29, 0.717) is 17.6 Å². The molecule has 100 valence electrons. The average Bonchev–Trinajstić information content (AvgIpc) is 3.11. The summed E-state index contributed by atoms with van der Waals surface area (Å²) in [5, 5.41) is 0. The van der Waals surface area contributed by atoms with E-state index < -0.39 is 0 Å². The highest BCUT2D eigenvalue weighted by atomic mass is 15.3. The zero-order chi connectivity index (χ0) is 14.1. The molecule has 0 bridgehead atoms. The van der Waals surface area contributed by atoms with Gasteiger partial charge in [0.15, 0.2) is 0 Å². The van der Waals surface area contributed by atoms with E-state index in [0.717, 1.165) is 11.4 Å². The number of rotatable bonds is 2. The van der Waals surface area contributed by atoms with Gasteiger partial charge in [0.2, 0.25) is 17.6 Å². The average molecular weight is 273 g/mol. The topological polar surface area (TPSA) is 52.7 Å². The Hall–Kier alpha value is -3.08. The van der Waals surface area contributed by atoms with Crippen LogP contribution in [0.25, 0.3) is 0 Å². The molecule has 0 amide bonds. The van der Waals surface area contributed by atoms with Crippen LogP contribution in [0.1, 0.15) is 0 Å². The SMILES string of the molecule is C1=NC2=NC(N(c3ccccc3)c3ccccc3)=NC2=N1. The number of hydrogen-bond donors (Lipinski definition) is 0. The molecule has 0 aliphatic carbocycles. The number of guanidine groups is 1. The summed E-state index contributed by atoms with van der Waals surface area (Å²) in [4.78, 5) is 19.1. The van der Waals surface area contributed by atoms with Crippen molar-refractivity contribution in [2.45, 2.75) is 0 Å². The number of fused-ring (bicyclic) bond motifs is 1. The van der Waals surface area contributed by atoms with Crippen LogP contribution in [-0.2, 0) is 0 Å². The minimum Gasteiger partial charge on any atom is -0.279 e. The van der Waals surface area contributed by atoms with Gasteiger partial charge in [-0.1, -0.05) is 36.4 Å². The van der Waals surface area contributed by atoms with Crippen LogP contribution in [0.2, 0.25) is 0 Å². The minimum atomic E-state index is 0.571. The van der Waals surface area contributed by atoms with Crippen LogP contribution in [0.5, 0.6) is 0 Å². The summed E-state index contributed by atoms with van der Waals surface area (Å²) >= 11 is 0. The first-order valence-electron chi connectivity index (χ1n) is 6.60. The van der Waals surface area contributed by atoms with E-state index in [9.17, 15) is 0 Å². The van der Waals surface area contributed by atoms with Gasteiger partial charge in [0.05, 0.1) is 0 Å². The van der Waals surface area contributed by atoms with Gasteiger partial charge in [0, 0.05) is 11.4 Å². The number of amidine groups is 2. The van der Waals surface area contributed by atoms with E-state index in [2.05, 4.69) is 20.0 Å². The van der Waals surface area contributed by atoms with E-state index in [4.69, 9.17) is 0 Å². The van der Waals surface area contributed by atoms with E-state index in [1.807, 2.05) is 65.6 Å². The molecule has 2 aromatic carbocycles. The van der Waals surface area contributed by atoms with E-state index in [1.54, 1.807) is 0 Å². The van der Waals surface area contributed by atoms with Crippen LogP contribution < -0.4 is 4.90 Å². The van der Waals surface area contributed by atoms with Gasteiger partial charge < -0.3 is 0 Å². The highest BCUT2D eigenvalue weighted by molar-refractivity contribution is 6.51. The number of nitrogens with zero attached hydrogens (tertiary/aromatic N) is 5. The zero-order valence-corrected chi connectivity index (χ0v) is 11.1. The summed E-state index contributed by atoms with van der Waals surface area (Å²) in [6.45, 7) is 0. The molecule has 4 rings (SSSR count). The van der Waals surface area contributed by atoms with Crippen LogP contribution in [0.3, 0.4) is 0 Å². The van der Waals surface area contributed by atoms with Crippen molar-refractivity contribution in [2.75, 3.05) is 4.90 Å². The van der Waals surface area contributed by atoms with Crippen LogP contribution in [0, 0.1) is 0 Å². The van der Waals surface area contributed by atoms with Gasteiger partial charge in [-0.05, 0) is 24.3 Å².